The molecule has 2 aliphatic heterocycles. The van der Waals surface area contributed by atoms with Crippen molar-refractivity contribution < 1.29 is 27.8 Å². The molecule has 2 aromatic heterocycles. The number of benzene rings is 1. The number of nitrogens with zero attached hydrogens (tertiary/aromatic N) is 7. The number of hydrogen-bond donors (Lipinski definition) is 0. The Hall–Kier alpha value is -4.60. The number of rotatable bonds is 5. The molecule has 1 saturated carbocycles. The molecular formula is C28H27F2N7O4. The fraction of sp³-hybridized carbons (Fsp3) is 0.429. The van der Waals surface area contributed by atoms with Crippen LogP contribution in [0.5, 0.6) is 0 Å². The number of fused-ring (bicyclic) bond motifs is 1. The predicted molar refractivity (Wildman–Crippen MR) is 139 cm³/mol. The Bertz CT molecular complexity index is 1570. The summed E-state index contributed by atoms with van der Waals surface area (Å²) in [6, 6.07) is 8.59. The van der Waals surface area contributed by atoms with Crippen LogP contribution in [0.1, 0.15) is 26.3 Å². The van der Waals surface area contributed by atoms with Crippen molar-refractivity contribution in [3.63, 3.8) is 0 Å². The van der Waals surface area contributed by atoms with E-state index in [-0.39, 0.29) is 30.5 Å². The third-order valence-electron chi connectivity index (χ3n) is 7.81. The summed E-state index contributed by atoms with van der Waals surface area (Å²) in [6.45, 7) is 6.37. The summed E-state index contributed by atoms with van der Waals surface area (Å²) in [7, 11) is 0. The van der Waals surface area contributed by atoms with Crippen LogP contribution < -0.4 is 4.90 Å². The SMILES string of the molecule is CC(C)(C)OC(=O)N1CC2C(C1)C2(C#N)c1ccncc1-c1ccc(N2C[C@H](Cn3cc(F)nn3)OC2=O)cc1F. The summed E-state index contributed by atoms with van der Waals surface area (Å²) >= 11 is 0. The molecule has 2 unspecified atom stereocenters. The molecule has 0 spiro atoms. The molecule has 3 aliphatic rings. The van der Waals surface area contributed by atoms with Crippen molar-refractivity contribution in [3.05, 3.63) is 60.2 Å². The second kappa shape index (κ2) is 9.50. The highest BCUT2D eigenvalue weighted by Crippen LogP contribution is 2.64. The number of anilines is 1. The number of likely N-dealkylation sites (tertiary alicyclic amines) is 1. The van der Waals surface area contributed by atoms with Gasteiger partial charge in [0.05, 0.1) is 36.5 Å². The third-order valence-corrected chi connectivity index (χ3v) is 7.81. The van der Waals surface area contributed by atoms with E-state index in [9.17, 15) is 19.2 Å². The molecule has 0 N–H and O–H groups in total. The summed E-state index contributed by atoms with van der Waals surface area (Å²) in [5, 5.41) is 17.2. The Balaban J connectivity index is 1.22. The summed E-state index contributed by atoms with van der Waals surface area (Å²) in [5.74, 6) is -1.57. The maximum atomic E-state index is 15.6. The van der Waals surface area contributed by atoms with Gasteiger partial charge >= 0.3 is 12.2 Å². The highest BCUT2D eigenvalue weighted by Gasteiger charge is 2.71. The smallest absolute Gasteiger partial charge is 0.414 e. The quantitative estimate of drug-likeness (QED) is 0.458. The Labute approximate surface area is 234 Å². The summed E-state index contributed by atoms with van der Waals surface area (Å²) in [6.07, 6.45) is 2.50. The van der Waals surface area contributed by atoms with Crippen LogP contribution in [0.4, 0.5) is 24.1 Å². The van der Waals surface area contributed by atoms with Crippen LogP contribution in [0, 0.1) is 34.9 Å². The molecule has 3 atom stereocenters. The first-order chi connectivity index (χ1) is 19.5. The topological polar surface area (TPSA) is 126 Å². The van der Waals surface area contributed by atoms with Gasteiger partial charge in [0.2, 0.25) is 0 Å². The molecule has 3 fully saturated rings. The fourth-order valence-corrected chi connectivity index (χ4v) is 5.99. The molecule has 3 aromatic rings. The minimum absolute atomic E-state index is 0.0999. The molecule has 6 rings (SSSR count). The minimum atomic E-state index is -0.880. The minimum Gasteiger partial charge on any atom is -0.444 e. The molecule has 11 nitrogen and oxygen atoms in total. The molecule has 4 heterocycles. The van der Waals surface area contributed by atoms with Crippen LogP contribution in [0.15, 0.2) is 42.9 Å². The lowest BCUT2D eigenvalue weighted by molar-refractivity contribution is 0.0266. The number of aromatic nitrogens is 4. The van der Waals surface area contributed by atoms with Gasteiger partial charge in [-0.15, -0.1) is 0 Å². The van der Waals surface area contributed by atoms with Crippen LogP contribution in [0.25, 0.3) is 11.1 Å². The van der Waals surface area contributed by atoms with E-state index in [1.54, 1.807) is 50.1 Å². The maximum Gasteiger partial charge on any atom is 0.414 e. The lowest BCUT2D eigenvalue weighted by Crippen LogP contribution is -2.39. The predicted octanol–water partition coefficient (Wildman–Crippen LogP) is 3.90. The number of cyclic esters (lactones) is 1. The van der Waals surface area contributed by atoms with Gasteiger partial charge in [0.25, 0.3) is 5.95 Å². The molecule has 41 heavy (non-hydrogen) atoms. The number of carbonyl (C=O) groups is 2. The van der Waals surface area contributed by atoms with Gasteiger partial charge in [-0.1, -0.05) is 10.3 Å². The van der Waals surface area contributed by atoms with Gasteiger partial charge in [-0.3, -0.25) is 9.88 Å². The molecular weight excluding hydrogens is 536 g/mol. The van der Waals surface area contributed by atoms with Crippen molar-refractivity contribution in [2.24, 2.45) is 11.8 Å². The van der Waals surface area contributed by atoms with Gasteiger partial charge in [-0.05, 0) is 50.6 Å². The zero-order valence-electron chi connectivity index (χ0n) is 22.6. The second-order valence-corrected chi connectivity index (χ2v) is 11.5. The highest BCUT2D eigenvalue weighted by molar-refractivity contribution is 5.90. The molecule has 1 aromatic carbocycles. The number of nitriles is 1. The number of ether oxygens (including phenoxy) is 2. The Morgan fingerprint density at radius 3 is 2.59 bits per heavy atom. The van der Waals surface area contributed by atoms with E-state index in [1.165, 1.54) is 21.8 Å². The van der Waals surface area contributed by atoms with Crippen molar-refractivity contribution in [3.8, 4) is 17.2 Å². The van der Waals surface area contributed by atoms with E-state index in [0.717, 1.165) is 6.20 Å². The molecule has 13 heteroatoms. The van der Waals surface area contributed by atoms with Crippen molar-refractivity contribution in [2.45, 2.75) is 44.4 Å². The number of pyridine rings is 1. The first-order valence-corrected chi connectivity index (χ1v) is 13.2. The van der Waals surface area contributed by atoms with Gasteiger partial charge in [-0.25, -0.2) is 18.7 Å². The van der Waals surface area contributed by atoms with E-state index in [0.29, 0.717) is 29.9 Å². The van der Waals surface area contributed by atoms with Gasteiger partial charge in [0, 0.05) is 48.4 Å². The van der Waals surface area contributed by atoms with Gasteiger partial charge < -0.3 is 14.4 Å². The van der Waals surface area contributed by atoms with Crippen LogP contribution in [0.3, 0.4) is 0 Å². The van der Waals surface area contributed by atoms with E-state index in [4.69, 9.17) is 9.47 Å². The van der Waals surface area contributed by atoms with Crippen LogP contribution in [0.2, 0.25) is 0 Å². The highest BCUT2D eigenvalue weighted by atomic mass is 19.1. The van der Waals surface area contributed by atoms with E-state index in [1.807, 2.05) is 0 Å². The first-order valence-electron chi connectivity index (χ1n) is 13.2. The molecule has 0 bridgehead atoms. The Kier molecular flexibility index (Phi) is 6.17. The number of carbonyl (C=O) groups excluding carboxylic acids is 2. The lowest BCUT2D eigenvalue weighted by atomic mass is 9.86. The number of halogens is 2. The maximum absolute atomic E-state index is 15.6. The van der Waals surface area contributed by atoms with Gasteiger partial charge in [0.15, 0.2) is 0 Å². The van der Waals surface area contributed by atoms with Crippen molar-refractivity contribution in [1.82, 2.24) is 24.9 Å². The van der Waals surface area contributed by atoms with Crippen LogP contribution in [-0.2, 0) is 21.4 Å². The molecule has 2 saturated heterocycles. The average molecular weight is 564 g/mol. The van der Waals surface area contributed by atoms with E-state index in [2.05, 4.69) is 21.4 Å². The summed E-state index contributed by atoms with van der Waals surface area (Å²) in [5.41, 5.74) is 0.159. The Morgan fingerprint density at radius 2 is 1.95 bits per heavy atom. The number of hydrogen-bond acceptors (Lipinski definition) is 8. The monoisotopic (exact) mass is 563 g/mol. The largest absolute Gasteiger partial charge is 0.444 e. The van der Waals surface area contributed by atoms with E-state index >= 15 is 4.39 Å². The van der Waals surface area contributed by atoms with E-state index < -0.39 is 41.1 Å². The molecule has 2 amide bonds. The zero-order valence-corrected chi connectivity index (χ0v) is 22.6. The van der Waals surface area contributed by atoms with Crippen molar-refractivity contribution in [2.75, 3.05) is 24.5 Å². The third kappa shape index (κ3) is 4.63. The van der Waals surface area contributed by atoms with Crippen molar-refractivity contribution in [1.29, 1.82) is 5.26 Å². The lowest BCUT2D eigenvalue weighted by Gasteiger charge is -2.27. The first kappa shape index (κ1) is 26.6. The average Bonchev–Trinajstić information content (AvgIpc) is 3.34. The van der Waals surface area contributed by atoms with Crippen LogP contribution in [-0.4, -0.2) is 68.4 Å². The van der Waals surface area contributed by atoms with Gasteiger partial charge in [-0.2, -0.15) is 9.65 Å². The standard InChI is InChI=1S/C28H27F2N7O4/c1-27(2,3)41-25(38)35-12-21-22(13-35)28(21,15-31)20-6-7-32-9-19(20)18-5-4-16(8-23(18)29)37-11-17(40-26(37)39)10-36-14-24(30)33-34-36/h4-9,14,17,21-22H,10-13H2,1-3H3/t17-,21?,22?,28?/m0/s1. The van der Waals surface area contributed by atoms with Crippen LogP contribution >= 0.6 is 0 Å². The summed E-state index contributed by atoms with van der Waals surface area (Å²) < 4.78 is 40.9. The number of amides is 2. The number of piperidine rings is 1. The normalized spacial score (nSPS) is 25.1. The fourth-order valence-electron chi connectivity index (χ4n) is 5.99. The molecule has 1 aliphatic carbocycles. The molecule has 0 radical (unpaired) electrons. The van der Waals surface area contributed by atoms with Crippen molar-refractivity contribution >= 4 is 17.9 Å². The summed E-state index contributed by atoms with van der Waals surface area (Å²) in [4.78, 5) is 32.2. The zero-order chi connectivity index (χ0) is 29.1. The van der Waals surface area contributed by atoms with Gasteiger partial charge in [0.1, 0.15) is 17.5 Å². The Morgan fingerprint density at radius 1 is 1.20 bits per heavy atom. The second-order valence-electron chi connectivity index (χ2n) is 11.5. The molecule has 212 valence electrons.